The topological polar surface area (TPSA) is 163 Å². The van der Waals surface area contributed by atoms with Gasteiger partial charge in [-0.05, 0) is 26.2 Å². The van der Waals surface area contributed by atoms with E-state index in [1.807, 2.05) is 0 Å². The number of carboxylic acid groups (broad SMARTS) is 1. The van der Waals surface area contributed by atoms with Crippen molar-refractivity contribution in [1.82, 2.24) is 0 Å². The fourth-order valence-electron chi connectivity index (χ4n) is 6.83. The first-order valence-corrected chi connectivity index (χ1v) is 23.7. The average Bonchev–Trinajstić information content (AvgIpc) is 3.13. The summed E-state index contributed by atoms with van der Waals surface area (Å²) in [7, 11) is -5.03. The van der Waals surface area contributed by atoms with Gasteiger partial charge in [-0.2, -0.15) is 8.42 Å². The van der Waals surface area contributed by atoms with Crippen LogP contribution < -0.4 is 0 Å². The molecule has 12 heteroatoms. The molecule has 0 saturated carbocycles. The molecule has 0 rings (SSSR count). The summed E-state index contributed by atoms with van der Waals surface area (Å²) in [4.78, 5) is 41.9. The van der Waals surface area contributed by atoms with E-state index in [0.29, 0.717) is 12.8 Å². The Morgan fingerprint density at radius 3 is 1.07 bits per heavy atom. The van der Waals surface area contributed by atoms with Gasteiger partial charge in [-0.3, -0.25) is 18.9 Å². The molecule has 1 unspecified atom stereocenters. The molecule has 0 radical (unpaired) electrons. The fraction of sp³-hybridized carbons (Fsp3) is 0.930. The number of hydrogen-bond donors (Lipinski definition) is 2. The summed E-state index contributed by atoms with van der Waals surface area (Å²) in [6.07, 6.45) is 33.5. The molecular weight excluding hydrogens is 725 g/mol. The predicted molar refractivity (Wildman–Crippen MR) is 219 cm³/mol. The highest BCUT2D eigenvalue weighted by Gasteiger charge is 2.36. The van der Waals surface area contributed by atoms with Crippen LogP contribution in [0.1, 0.15) is 245 Å². The zero-order valence-electron chi connectivity index (χ0n) is 35.3. The molecule has 0 heterocycles. The molecule has 0 amide bonds. The molecule has 0 bridgehead atoms. The van der Waals surface area contributed by atoms with Crippen molar-refractivity contribution in [2.75, 3.05) is 0 Å². The first kappa shape index (κ1) is 53.2. The summed E-state index contributed by atoms with van der Waals surface area (Å²) < 4.78 is 46.6. The van der Waals surface area contributed by atoms with E-state index in [1.54, 1.807) is 0 Å². The number of esters is 2. The highest BCUT2D eigenvalue weighted by Crippen LogP contribution is 2.28. The molecule has 0 aromatic heterocycles. The minimum atomic E-state index is -5.03. The average molecular weight is 807 g/mol. The van der Waals surface area contributed by atoms with Crippen LogP contribution in [0.15, 0.2) is 0 Å². The van der Waals surface area contributed by atoms with Gasteiger partial charge < -0.3 is 14.6 Å². The van der Waals surface area contributed by atoms with Crippen molar-refractivity contribution in [3.63, 3.8) is 0 Å². The van der Waals surface area contributed by atoms with Crippen molar-refractivity contribution in [2.24, 2.45) is 0 Å². The summed E-state index contributed by atoms with van der Waals surface area (Å²) in [5, 5.41) is 9.22. The summed E-state index contributed by atoms with van der Waals surface area (Å²) >= 11 is 0. The molecule has 0 aliphatic rings. The van der Waals surface area contributed by atoms with Crippen molar-refractivity contribution >= 4 is 28.3 Å². The minimum Gasteiger partial charge on any atom is -0.481 e. The van der Waals surface area contributed by atoms with E-state index in [2.05, 4.69) is 18.2 Å². The van der Waals surface area contributed by atoms with Gasteiger partial charge in [0.15, 0.2) is 0 Å². The van der Waals surface area contributed by atoms with Crippen molar-refractivity contribution < 1.29 is 51.2 Å². The van der Waals surface area contributed by atoms with E-state index in [0.717, 1.165) is 38.5 Å². The highest BCUT2D eigenvalue weighted by atomic mass is 32.3. The van der Waals surface area contributed by atoms with Crippen LogP contribution in [0.25, 0.3) is 0 Å². The SMILES string of the molecule is CCCCCCCCCCCCCCCCCC(=O)OC(CC(C)(CCC(=O)O)OOS(=O)(=O)O)OC(=O)CCCCCCCCCCCCCCCCC. The van der Waals surface area contributed by atoms with Crippen LogP contribution in [0.2, 0.25) is 0 Å². The normalized spacial score (nSPS) is 12.9. The summed E-state index contributed by atoms with van der Waals surface area (Å²) in [5.41, 5.74) is -1.69. The molecule has 0 aliphatic carbocycles. The van der Waals surface area contributed by atoms with Gasteiger partial charge in [0.1, 0.15) is 5.60 Å². The van der Waals surface area contributed by atoms with Crippen LogP contribution in [-0.2, 0) is 43.5 Å². The molecule has 0 saturated heterocycles. The zero-order chi connectivity index (χ0) is 40.9. The largest absolute Gasteiger partial charge is 0.481 e. The Hall–Kier alpha value is -1.76. The number of hydrogen-bond acceptors (Lipinski definition) is 9. The Morgan fingerprint density at radius 2 is 0.800 bits per heavy atom. The van der Waals surface area contributed by atoms with Gasteiger partial charge in [0.25, 0.3) is 0 Å². The maximum Gasteiger partial charge on any atom is 0.424 e. The lowest BCUT2D eigenvalue weighted by Gasteiger charge is -2.30. The minimum absolute atomic E-state index is 0.111. The molecule has 0 aromatic carbocycles. The molecule has 0 spiro atoms. The quantitative estimate of drug-likeness (QED) is 0.0151. The van der Waals surface area contributed by atoms with Crippen LogP contribution in [-0.4, -0.2) is 47.9 Å². The van der Waals surface area contributed by atoms with Crippen LogP contribution in [0.3, 0.4) is 0 Å². The third-order valence-electron chi connectivity index (χ3n) is 10.3. The van der Waals surface area contributed by atoms with Gasteiger partial charge in [0.05, 0.1) is 6.42 Å². The first-order chi connectivity index (χ1) is 26.4. The maximum absolute atomic E-state index is 12.8. The molecule has 11 nitrogen and oxygen atoms in total. The van der Waals surface area contributed by atoms with Gasteiger partial charge in [0.2, 0.25) is 6.29 Å². The number of carboxylic acids is 1. The lowest BCUT2D eigenvalue weighted by Crippen LogP contribution is -2.38. The van der Waals surface area contributed by atoms with Crippen LogP contribution >= 0.6 is 0 Å². The smallest absolute Gasteiger partial charge is 0.424 e. The monoisotopic (exact) mass is 807 g/mol. The Morgan fingerprint density at radius 1 is 0.509 bits per heavy atom. The van der Waals surface area contributed by atoms with Gasteiger partial charge in [-0.1, -0.05) is 198 Å². The third-order valence-corrected chi connectivity index (χ3v) is 10.5. The number of carbonyl (C=O) groups excluding carboxylic acids is 2. The third kappa shape index (κ3) is 38.9. The van der Waals surface area contributed by atoms with E-state index in [4.69, 9.17) is 18.9 Å². The van der Waals surface area contributed by atoms with E-state index >= 15 is 0 Å². The standard InChI is InChI=1S/C43H82O11S/c1-4-6-8-10-12-14-16-18-20-22-24-26-28-30-32-34-40(46)51-42(38-43(3,37-36-39(44)45)53-54-55(48,49)50)52-41(47)35-33-31-29-27-25-23-21-19-17-15-13-11-9-7-5-2/h42H,4-38H2,1-3H3,(H,44,45)(H,48,49,50). The second-order valence-corrected chi connectivity index (χ2v) is 16.9. The number of carbonyl (C=O) groups is 3. The number of rotatable bonds is 42. The molecular formula is C43H82O11S. The maximum atomic E-state index is 12.8. The van der Waals surface area contributed by atoms with Gasteiger partial charge in [-0.15, -0.1) is 0 Å². The molecule has 1 atom stereocenters. The summed E-state index contributed by atoms with van der Waals surface area (Å²) in [5.74, 6) is -2.36. The molecule has 2 N–H and O–H groups in total. The number of ether oxygens (including phenoxy) is 2. The Bertz CT molecular complexity index is 988. The molecule has 0 aromatic rings. The molecule has 0 aliphatic heterocycles. The second-order valence-electron chi connectivity index (χ2n) is 15.9. The van der Waals surface area contributed by atoms with Gasteiger partial charge in [-0.25, -0.2) is 4.89 Å². The number of aliphatic carboxylic acids is 1. The molecule has 0 fully saturated rings. The van der Waals surface area contributed by atoms with Gasteiger partial charge >= 0.3 is 28.3 Å². The lowest BCUT2D eigenvalue weighted by atomic mass is 9.95. The first-order valence-electron chi connectivity index (χ1n) is 22.4. The van der Waals surface area contributed by atoms with E-state index < -0.39 is 53.0 Å². The highest BCUT2D eigenvalue weighted by molar-refractivity contribution is 7.80. The van der Waals surface area contributed by atoms with Crippen LogP contribution in [0, 0.1) is 0 Å². The molecule has 55 heavy (non-hydrogen) atoms. The van der Waals surface area contributed by atoms with E-state index in [-0.39, 0.29) is 19.3 Å². The van der Waals surface area contributed by atoms with Crippen LogP contribution in [0.4, 0.5) is 0 Å². The Kier molecular flexibility index (Phi) is 35.4. The Labute approximate surface area is 336 Å². The van der Waals surface area contributed by atoms with Crippen molar-refractivity contribution in [3.05, 3.63) is 0 Å². The molecule has 326 valence electrons. The predicted octanol–water partition coefficient (Wildman–Crippen LogP) is 12.7. The summed E-state index contributed by atoms with van der Waals surface area (Å²) in [6, 6.07) is 0. The van der Waals surface area contributed by atoms with Crippen LogP contribution in [0.5, 0.6) is 0 Å². The second kappa shape index (κ2) is 36.6. The zero-order valence-corrected chi connectivity index (χ0v) is 36.1. The summed E-state index contributed by atoms with van der Waals surface area (Å²) in [6.45, 7) is 5.82. The fourth-order valence-corrected chi connectivity index (χ4v) is 7.08. The van der Waals surface area contributed by atoms with Crippen molar-refractivity contribution in [3.8, 4) is 0 Å². The Balaban J connectivity index is 4.64. The van der Waals surface area contributed by atoms with Gasteiger partial charge in [0, 0.05) is 19.3 Å². The van der Waals surface area contributed by atoms with Crippen molar-refractivity contribution in [1.29, 1.82) is 0 Å². The lowest BCUT2D eigenvalue weighted by molar-refractivity contribution is -0.304. The van der Waals surface area contributed by atoms with Crippen molar-refractivity contribution in [2.45, 2.75) is 257 Å². The van der Waals surface area contributed by atoms with E-state index in [1.165, 1.54) is 148 Å². The number of unbranched alkanes of at least 4 members (excludes halogenated alkanes) is 28. The van der Waals surface area contributed by atoms with E-state index in [9.17, 15) is 27.9 Å².